The molecule has 1 N–H and O–H groups in total. The van der Waals surface area contributed by atoms with E-state index in [0.717, 1.165) is 10.8 Å². The number of nitrogens with zero attached hydrogens (tertiary/aromatic N) is 2. The number of methoxy groups -OCH3 is 1. The van der Waals surface area contributed by atoms with E-state index < -0.39 is 51.1 Å². The molecule has 3 aliphatic rings. The number of ketones is 1. The Balaban J connectivity index is 1.35. The summed E-state index contributed by atoms with van der Waals surface area (Å²) in [5.41, 5.74) is -2.83. The molecule has 2 aromatic rings. The summed E-state index contributed by atoms with van der Waals surface area (Å²) >= 11 is 0. The number of hydrogen-bond donors (Lipinski definition) is 1. The Morgan fingerprint density at radius 3 is 2.46 bits per heavy atom. The lowest BCUT2D eigenvalue weighted by molar-refractivity contribution is -0.132. The third kappa shape index (κ3) is 7.10. The second kappa shape index (κ2) is 12.3. The zero-order chi connectivity index (χ0) is 33.7. The van der Waals surface area contributed by atoms with Gasteiger partial charge in [0.25, 0.3) is 0 Å². The van der Waals surface area contributed by atoms with Crippen molar-refractivity contribution in [3.63, 3.8) is 0 Å². The Morgan fingerprint density at radius 1 is 1.15 bits per heavy atom. The maximum absolute atomic E-state index is 14.0. The van der Waals surface area contributed by atoms with Crippen LogP contribution in [0.2, 0.25) is 0 Å². The second-order valence-electron chi connectivity index (χ2n) is 14.1. The molecule has 0 spiro atoms. The normalized spacial score (nSPS) is 25.3. The van der Waals surface area contributed by atoms with Crippen molar-refractivity contribution in [2.75, 3.05) is 13.7 Å². The minimum absolute atomic E-state index is 0.0395. The first-order chi connectivity index (χ1) is 21.5. The molecule has 2 aliphatic carbocycles. The quantitative estimate of drug-likeness (QED) is 0.332. The molecule has 1 aromatic carbocycles. The van der Waals surface area contributed by atoms with Gasteiger partial charge in [0.1, 0.15) is 17.5 Å². The number of fused-ring (bicyclic) bond motifs is 1. The lowest BCUT2D eigenvalue weighted by Crippen LogP contribution is -2.46. The van der Waals surface area contributed by atoms with Crippen LogP contribution in [0.15, 0.2) is 30.5 Å². The van der Waals surface area contributed by atoms with Crippen molar-refractivity contribution in [1.82, 2.24) is 14.6 Å². The van der Waals surface area contributed by atoms with Gasteiger partial charge in [-0.3, -0.25) is 14.5 Å². The molecule has 2 amide bonds. The van der Waals surface area contributed by atoms with E-state index in [1.165, 1.54) is 4.90 Å². The van der Waals surface area contributed by atoms with E-state index in [-0.39, 0.29) is 37.0 Å². The number of Topliss-reactive ketones (excluding diaryl/α,β-unsaturated/α-hetero) is 1. The van der Waals surface area contributed by atoms with Crippen molar-refractivity contribution in [2.45, 2.75) is 103 Å². The van der Waals surface area contributed by atoms with E-state index in [9.17, 15) is 22.8 Å². The first-order valence-corrected chi connectivity index (χ1v) is 17.3. The van der Waals surface area contributed by atoms with E-state index in [1.807, 2.05) is 39.0 Å². The third-order valence-electron chi connectivity index (χ3n) is 9.43. The molecule has 0 unspecified atom stereocenters. The number of likely N-dealkylation sites (tertiary alicyclic amines) is 1. The first-order valence-electron chi connectivity index (χ1n) is 15.9. The first kappa shape index (κ1) is 33.9. The van der Waals surface area contributed by atoms with Crippen LogP contribution in [0.25, 0.3) is 10.8 Å². The molecule has 1 saturated heterocycles. The van der Waals surface area contributed by atoms with Crippen molar-refractivity contribution in [1.29, 1.82) is 0 Å². The van der Waals surface area contributed by atoms with E-state index in [0.29, 0.717) is 37.3 Å². The number of rotatable bonds is 12. The second-order valence-corrected chi connectivity index (χ2v) is 15.4. The van der Waals surface area contributed by atoms with Crippen molar-refractivity contribution in [3.05, 3.63) is 30.5 Å². The molecule has 1 aliphatic heterocycles. The Morgan fingerprint density at radius 2 is 1.87 bits per heavy atom. The fourth-order valence-corrected chi connectivity index (χ4v) is 7.74. The van der Waals surface area contributed by atoms with Crippen LogP contribution < -0.4 is 14.2 Å². The Hall–Kier alpha value is -3.45. The highest BCUT2D eigenvalue weighted by Crippen LogP contribution is 2.58. The van der Waals surface area contributed by atoms with Gasteiger partial charge in [0.2, 0.25) is 11.8 Å². The molecule has 12 nitrogen and oxygen atoms in total. The number of carbonyl (C=O) groups is 3. The van der Waals surface area contributed by atoms with Gasteiger partial charge in [-0.15, -0.1) is 0 Å². The van der Waals surface area contributed by atoms with Gasteiger partial charge in [-0.1, -0.05) is 27.2 Å². The van der Waals surface area contributed by atoms with Gasteiger partial charge in [-0.2, -0.15) is 8.42 Å². The van der Waals surface area contributed by atoms with Gasteiger partial charge in [-0.25, -0.2) is 18.7 Å². The van der Waals surface area contributed by atoms with Crippen LogP contribution in [0.4, 0.5) is 4.79 Å². The van der Waals surface area contributed by atoms with Crippen molar-refractivity contribution >= 4 is 38.9 Å². The average Bonchev–Trinajstić information content (AvgIpc) is 3.86. The van der Waals surface area contributed by atoms with Crippen LogP contribution in [-0.2, 0) is 28.8 Å². The third-order valence-corrected chi connectivity index (χ3v) is 10.4. The molecule has 2 saturated carbocycles. The number of aromatic nitrogens is 1. The predicted octanol–water partition coefficient (Wildman–Crippen LogP) is 4.94. The number of carbonyl (C=O) groups excluding carboxylic acids is 3. The summed E-state index contributed by atoms with van der Waals surface area (Å²) in [5, 5.41) is 1.60. The molecule has 0 bridgehead atoms. The zero-order valence-corrected chi connectivity index (χ0v) is 28.4. The highest BCUT2D eigenvalue weighted by Gasteiger charge is 2.62. The van der Waals surface area contributed by atoms with Crippen LogP contribution in [0.3, 0.4) is 0 Å². The number of pyridine rings is 1. The van der Waals surface area contributed by atoms with Gasteiger partial charge in [0, 0.05) is 24.4 Å². The van der Waals surface area contributed by atoms with Crippen molar-refractivity contribution in [3.8, 4) is 11.6 Å². The summed E-state index contributed by atoms with van der Waals surface area (Å²) < 4.78 is 50.6. The number of hydrogen-bond acceptors (Lipinski definition) is 10. The smallest absolute Gasteiger partial charge is 0.411 e. The van der Waals surface area contributed by atoms with E-state index >= 15 is 0 Å². The summed E-state index contributed by atoms with van der Waals surface area (Å²) in [6, 6.07) is 6.39. The average molecular weight is 660 g/mol. The minimum atomic E-state index is -4.39. The molecule has 4 atom stereocenters. The largest absolute Gasteiger partial charge is 0.497 e. The Labute approximate surface area is 270 Å². The lowest BCUT2D eigenvalue weighted by atomic mass is 9.91. The summed E-state index contributed by atoms with van der Waals surface area (Å²) in [5.74, 6) is -0.308. The molecule has 46 heavy (non-hydrogen) atoms. The summed E-state index contributed by atoms with van der Waals surface area (Å²) in [4.78, 5) is 46.7. The van der Waals surface area contributed by atoms with Gasteiger partial charge >= 0.3 is 16.4 Å². The minimum Gasteiger partial charge on any atom is -0.497 e. The number of ether oxygens (including phenoxy) is 3. The monoisotopic (exact) mass is 659 g/mol. The number of nitrogens with one attached hydrogen (secondary N) is 1. The summed E-state index contributed by atoms with van der Waals surface area (Å²) in [6.45, 7) is 10.9. The van der Waals surface area contributed by atoms with Gasteiger partial charge in [0.15, 0.2) is 5.78 Å². The summed E-state index contributed by atoms with van der Waals surface area (Å²) in [7, 11) is -2.81. The van der Waals surface area contributed by atoms with Gasteiger partial charge < -0.3 is 14.2 Å². The predicted molar refractivity (Wildman–Crippen MR) is 169 cm³/mol. The molecule has 1 aromatic heterocycles. The lowest BCUT2D eigenvalue weighted by Gasteiger charge is -2.28. The Kier molecular flexibility index (Phi) is 9.06. The Bertz CT molecular complexity index is 1620. The van der Waals surface area contributed by atoms with Crippen LogP contribution in [0.1, 0.15) is 80.1 Å². The highest BCUT2D eigenvalue weighted by molar-refractivity contribution is 7.85. The zero-order valence-electron chi connectivity index (χ0n) is 27.6. The SMILES string of the molecule is CC[C@@H]1C[C@]1(CC(=O)[C@@H]1C[C@@H](Oc2nccc3cc(OC)ccc23)CN1C(=O)OC(C)(C)C)C(=O)NS(=O)(=O)OC1(C(C)C)CC1. The maximum Gasteiger partial charge on any atom is 0.411 e. The molecule has 0 radical (unpaired) electrons. The molecular weight excluding hydrogens is 614 g/mol. The number of benzene rings is 1. The fourth-order valence-electron chi connectivity index (χ4n) is 6.47. The van der Waals surface area contributed by atoms with Crippen LogP contribution in [-0.4, -0.2) is 73.1 Å². The maximum atomic E-state index is 14.0. The van der Waals surface area contributed by atoms with E-state index in [4.69, 9.17) is 18.4 Å². The molecule has 3 fully saturated rings. The van der Waals surface area contributed by atoms with E-state index in [1.54, 1.807) is 40.1 Å². The molecule has 2 heterocycles. The fraction of sp³-hybridized carbons (Fsp3) is 0.636. The molecule has 252 valence electrons. The number of amides is 2. The highest BCUT2D eigenvalue weighted by atomic mass is 32.2. The van der Waals surface area contributed by atoms with Crippen molar-refractivity contribution < 1.29 is 41.2 Å². The van der Waals surface area contributed by atoms with Crippen LogP contribution >= 0.6 is 0 Å². The van der Waals surface area contributed by atoms with Crippen LogP contribution in [0.5, 0.6) is 11.6 Å². The topological polar surface area (TPSA) is 150 Å². The van der Waals surface area contributed by atoms with Crippen LogP contribution in [0, 0.1) is 17.3 Å². The van der Waals surface area contributed by atoms with Crippen molar-refractivity contribution in [2.24, 2.45) is 17.3 Å². The van der Waals surface area contributed by atoms with Gasteiger partial charge in [0.05, 0.1) is 30.7 Å². The van der Waals surface area contributed by atoms with E-state index in [2.05, 4.69) is 9.71 Å². The molecule has 13 heteroatoms. The standard InChI is InChI=1S/C33H45N3O9S/c1-8-22-17-32(22,29(38)35-46(40,41)45-33(12-13-33)20(2)3)18-27(37)26-16-24(19-36(26)30(39)44-31(4,5)6)43-28-25-10-9-23(42-7)15-21(25)11-14-34-28/h9-11,14-15,20,22,24,26H,8,12-13,16-19H2,1-7H3,(H,35,38)/t22-,24-,26+,32-/m1/s1. The summed E-state index contributed by atoms with van der Waals surface area (Å²) in [6.07, 6.45) is 2.40. The molecular formula is C33H45N3O9S. The molecule has 5 rings (SSSR count). The van der Waals surface area contributed by atoms with Gasteiger partial charge in [-0.05, 0) is 81.5 Å².